The van der Waals surface area contributed by atoms with Crippen LogP contribution in [0.3, 0.4) is 0 Å². The molecule has 0 amide bonds. The molecule has 0 aliphatic heterocycles. The number of phenols is 2. The number of rotatable bonds is 8. The van der Waals surface area contributed by atoms with Gasteiger partial charge in [-0.05, 0) is 6.07 Å². The number of sulfonamides is 2. The van der Waals surface area contributed by atoms with E-state index in [1.807, 2.05) is 0 Å². The highest BCUT2D eigenvalue weighted by molar-refractivity contribution is 7.90. The Balaban J connectivity index is 3.66. The van der Waals surface area contributed by atoms with Crippen LogP contribution in [-0.2, 0) is 20.0 Å². The lowest BCUT2D eigenvalue weighted by atomic mass is 10.3. The first-order chi connectivity index (χ1) is 11.1. The Hall–Kier alpha value is -1.36. The summed E-state index contributed by atoms with van der Waals surface area (Å²) in [7, 11) is -8.12. The van der Waals surface area contributed by atoms with Gasteiger partial charge in [0.25, 0.3) is 0 Å². The first-order valence-corrected chi connectivity index (χ1v) is 10.5. The summed E-state index contributed by atoms with van der Waals surface area (Å²) in [6.45, 7) is 7.21. The summed E-state index contributed by atoms with van der Waals surface area (Å²) in [5, 5.41) is 19.8. The number of hydrogen-bond acceptors (Lipinski definition) is 6. The second-order valence-corrected chi connectivity index (χ2v) is 8.81. The second kappa shape index (κ2) is 7.68. The van der Waals surface area contributed by atoms with Crippen molar-refractivity contribution in [2.75, 3.05) is 26.2 Å². The maximum atomic E-state index is 12.6. The lowest BCUT2D eigenvalue weighted by Crippen LogP contribution is -2.32. The Morgan fingerprint density at radius 3 is 1.62 bits per heavy atom. The zero-order chi connectivity index (χ0) is 18.7. The van der Waals surface area contributed by atoms with E-state index < -0.39 is 36.4 Å². The van der Waals surface area contributed by atoms with E-state index in [2.05, 4.69) is 0 Å². The molecule has 0 saturated carbocycles. The minimum Gasteiger partial charge on any atom is -0.504 e. The maximum Gasteiger partial charge on any atom is 0.246 e. The van der Waals surface area contributed by atoms with Gasteiger partial charge in [0, 0.05) is 32.2 Å². The van der Waals surface area contributed by atoms with Crippen LogP contribution in [0.25, 0.3) is 0 Å². The predicted octanol–water partition coefficient (Wildman–Crippen LogP) is 1.16. The lowest BCUT2D eigenvalue weighted by Gasteiger charge is -2.22. The van der Waals surface area contributed by atoms with Crippen LogP contribution in [0.1, 0.15) is 27.7 Å². The van der Waals surface area contributed by atoms with E-state index in [1.165, 1.54) is 0 Å². The Bertz CT molecular complexity index is 782. The summed E-state index contributed by atoms with van der Waals surface area (Å²) >= 11 is 0. The van der Waals surface area contributed by atoms with Crippen LogP contribution in [-0.4, -0.2) is 61.8 Å². The molecule has 138 valence electrons. The van der Waals surface area contributed by atoms with Gasteiger partial charge in [0.15, 0.2) is 11.5 Å². The highest BCUT2D eigenvalue weighted by Crippen LogP contribution is 2.37. The van der Waals surface area contributed by atoms with Gasteiger partial charge in [-0.1, -0.05) is 27.7 Å². The molecule has 1 aromatic rings. The second-order valence-electron chi connectivity index (χ2n) is 4.97. The van der Waals surface area contributed by atoms with Crippen LogP contribution in [0.5, 0.6) is 11.5 Å². The summed E-state index contributed by atoms with van der Waals surface area (Å²) in [6.07, 6.45) is 0. The van der Waals surface area contributed by atoms with Gasteiger partial charge < -0.3 is 10.2 Å². The van der Waals surface area contributed by atoms with E-state index in [0.29, 0.717) is 0 Å². The minimum absolute atomic E-state index is 0.145. The minimum atomic E-state index is -4.14. The first kappa shape index (κ1) is 20.7. The maximum absolute atomic E-state index is 12.6. The molecule has 0 bridgehead atoms. The van der Waals surface area contributed by atoms with Gasteiger partial charge in [0.05, 0.1) is 4.90 Å². The monoisotopic (exact) mass is 380 g/mol. The zero-order valence-corrected chi connectivity index (χ0v) is 15.9. The molecule has 0 heterocycles. The number of hydrogen-bond donors (Lipinski definition) is 2. The number of phenolic OH excluding ortho intramolecular Hbond substituents is 2. The van der Waals surface area contributed by atoms with Crippen LogP contribution < -0.4 is 0 Å². The third-order valence-corrected chi connectivity index (χ3v) is 7.79. The molecule has 1 rings (SSSR count). The molecule has 8 nitrogen and oxygen atoms in total. The Morgan fingerprint density at radius 2 is 1.21 bits per heavy atom. The molecule has 0 radical (unpaired) electrons. The standard InChI is InChI=1S/C14H24N2O6S2/c1-5-15(6-2)23(19,20)11-9-12(17)14(18)13(10-11)24(21,22)16(7-3)8-4/h9-10,17-18H,5-8H2,1-4H3. The van der Waals surface area contributed by atoms with Crippen LogP contribution in [0.15, 0.2) is 21.9 Å². The third-order valence-electron chi connectivity index (χ3n) is 3.69. The quantitative estimate of drug-likeness (QED) is 0.654. The average molecular weight is 380 g/mol. The van der Waals surface area contributed by atoms with Crippen LogP contribution in [0, 0.1) is 0 Å². The fraction of sp³-hybridized carbons (Fsp3) is 0.571. The highest BCUT2D eigenvalue weighted by atomic mass is 32.2. The molecule has 2 N–H and O–H groups in total. The molecule has 10 heteroatoms. The largest absolute Gasteiger partial charge is 0.504 e. The highest BCUT2D eigenvalue weighted by Gasteiger charge is 2.31. The number of benzene rings is 1. The van der Waals surface area contributed by atoms with Crippen molar-refractivity contribution in [3.05, 3.63) is 12.1 Å². The van der Waals surface area contributed by atoms with Crippen molar-refractivity contribution in [1.82, 2.24) is 8.61 Å². The van der Waals surface area contributed by atoms with E-state index in [-0.39, 0.29) is 31.1 Å². The smallest absolute Gasteiger partial charge is 0.246 e. The average Bonchev–Trinajstić information content (AvgIpc) is 2.51. The zero-order valence-electron chi connectivity index (χ0n) is 14.2. The Kier molecular flexibility index (Phi) is 6.62. The summed E-state index contributed by atoms with van der Waals surface area (Å²) < 4.78 is 52.5. The van der Waals surface area contributed by atoms with Gasteiger partial charge in [-0.3, -0.25) is 0 Å². The van der Waals surface area contributed by atoms with E-state index >= 15 is 0 Å². The van der Waals surface area contributed by atoms with Crippen molar-refractivity contribution in [3.8, 4) is 11.5 Å². The van der Waals surface area contributed by atoms with Gasteiger partial charge in [-0.25, -0.2) is 16.8 Å². The van der Waals surface area contributed by atoms with Gasteiger partial charge in [0.2, 0.25) is 20.0 Å². The van der Waals surface area contributed by atoms with E-state index in [0.717, 1.165) is 20.7 Å². The predicted molar refractivity (Wildman–Crippen MR) is 90.0 cm³/mol. The molecule has 1 aromatic carbocycles. The number of nitrogens with zero attached hydrogens (tertiary/aromatic N) is 2. The molecule has 0 aromatic heterocycles. The van der Waals surface area contributed by atoms with Gasteiger partial charge in [-0.15, -0.1) is 0 Å². The van der Waals surface area contributed by atoms with E-state index in [4.69, 9.17) is 0 Å². The number of aromatic hydroxyl groups is 2. The summed E-state index contributed by atoms with van der Waals surface area (Å²) in [5.41, 5.74) is 0. The van der Waals surface area contributed by atoms with Crippen molar-refractivity contribution in [3.63, 3.8) is 0 Å². The normalized spacial score (nSPS) is 12.9. The molecule has 0 atom stereocenters. The molecule has 0 spiro atoms. The Morgan fingerprint density at radius 1 is 0.792 bits per heavy atom. The molecular weight excluding hydrogens is 356 g/mol. The molecule has 0 saturated heterocycles. The first-order valence-electron chi connectivity index (χ1n) is 7.64. The summed E-state index contributed by atoms with van der Waals surface area (Å²) in [5.74, 6) is -1.66. The molecule has 24 heavy (non-hydrogen) atoms. The van der Waals surface area contributed by atoms with Crippen molar-refractivity contribution in [2.45, 2.75) is 37.5 Å². The van der Waals surface area contributed by atoms with Crippen LogP contribution in [0.2, 0.25) is 0 Å². The fourth-order valence-electron chi connectivity index (χ4n) is 2.33. The lowest BCUT2D eigenvalue weighted by molar-refractivity contribution is 0.385. The molecular formula is C14H24N2O6S2. The molecule has 0 aliphatic carbocycles. The van der Waals surface area contributed by atoms with E-state index in [1.54, 1.807) is 27.7 Å². The Labute approximate surface area is 143 Å². The van der Waals surface area contributed by atoms with Gasteiger partial charge >= 0.3 is 0 Å². The molecule has 0 aliphatic rings. The van der Waals surface area contributed by atoms with Crippen molar-refractivity contribution >= 4 is 20.0 Å². The van der Waals surface area contributed by atoms with Gasteiger partial charge in [0.1, 0.15) is 4.90 Å². The fourth-order valence-corrected chi connectivity index (χ4v) is 5.49. The summed E-state index contributed by atoms with van der Waals surface area (Å²) in [6, 6.07) is 1.74. The van der Waals surface area contributed by atoms with Crippen molar-refractivity contribution in [2.24, 2.45) is 0 Å². The SMILES string of the molecule is CCN(CC)S(=O)(=O)c1cc(O)c(O)c(S(=O)(=O)N(CC)CC)c1. The van der Waals surface area contributed by atoms with Crippen LogP contribution >= 0.6 is 0 Å². The van der Waals surface area contributed by atoms with Crippen LogP contribution in [0.4, 0.5) is 0 Å². The van der Waals surface area contributed by atoms with Crippen molar-refractivity contribution < 1.29 is 27.0 Å². The third kappa shape index (κ3) is 3.66. The van der Waals surface area contributed by atoms with Crippen molar-refractivity contribution in [1.29, 1.82) is 0 Å². The van der Waals surface area contributed by atoms with E-state index in [9.17, 15) is 27.0 Å². The molecule has 0 unspecified atom stereocenters. The topological polar surface area (TPSA) is 115 Å². The summed E-state index contributed by atoms with van der Waals surface area (Å²) in [4.78, 5) is -1.01. The van der Waals surface area contributed by atoms with Gasteiger partial charge in [-0.2, -0.15) is 8.61 Å². The molecule has 0 fully saturated rings.